The fourth-order valence-corrected chi connectivity index (χ4v) is 3.70. The Bertz CT molecular complexity index is 885. The smallest absolute Gasteiger partial charge is 0.257 e. The Morgan fingerprint density at radius 1 is 1.26 bits per heavy atom. The second kappa shape index (κ2) is 5.81. The van der Waals surface area contributed by atoms with E-state index in [9.17, 15) is 4.79 Å². The maximum atomic E-state index is 12.5. The molecule has 23 heavy (non-hydrogen) atoms. The van der Waals surface area contributed by atoms with E-state index >= 15 is 0 Å². The number of rotatable bonds is 3. The lowest BCUT2D eigenvalue weighted by atomic mass is 10.1. The van der Waals surface area contributed by atoms with Gasteiger partial charge in [0.25, 0.3) is 5.91 Å². The molecule has 0 aliphatic heterocycles. The number of aromatic nitrogens is 2. The van der Waals surface area contributed by atoms with Crippen molar-refractivity contribution >= 4 is 33.3 Å². The first-order valence-corrected chi connectivity index (χ1v) is 8.58. The summed E-state index contributed by atoms with van der Waals surface area (Å²) in [5.41, 5.74) is 5.30. The van der Waals surface area contributed by atoms with Crippen molar-refractivity contribution in [2.45, 2.75) is 41.2 Å². The van der Waals surface area contributed by atoms with Crippen LogP contribution in [0.3, 0.4) is 0 Å². The second-order valence-electron chi connectivity index (χ2n) is 5.80. The van der Waals surface area contributed by atoms with Crippen LogP contribution in [-0.2, 0) is 6.54 Å². The molecule has 4 nitrogen and oxygen atoms in total. The number of hydrogen-bond acceptors (Lipinski definition) is 3. The molecule has 0 fully saturated rings. The molecule has 120 valence electrons. The minimum absolute atomic E-state index is 0.109. The van der Waals surface area contributed by atoms with E-state index in [1.54, 1.807) is 0 Å². The van der Waals surface area contributed by atoms with Gasteiger partial charge in [-0.05, 0) is 58.4 Å². The number of anilines is 1. The number of nitrogens with one attached hydrogen (secondary N) is 1. The summed E-state index contributed by atoms with van der Waals surface area (Å²) in [6.45, 7) is 11.3. The summed E-state index contributed by atoms with van der Waals surface area (Å²) in [5.74, 6) is -0.109. The van der Waals surface area contributed by atoms with Gasteiger partial charge < -0.3 is 4.57 Å². The number of carbonyl (C=O) groups is 1. The van der Waals surface area contributed by atoms with Gasteiger partial charge in [0.15, 0.2) is 5.13 Å². The number of thiazole rings is 1. The van der Waals surface area contributed by atoms with Gasteiger partial charge in [-0.3, -0.25) is 10.1 Å². The van der Waals surface area contributed by atoms with Gasteiger partial charge in [-0.25, -0.2) is 4.98 Å². The predicted molar refractivity (Wildman–Crippen MR) is 96.6 cm³/mol. The van der Waals surface area contributed by atoms with E-state index in [0.717, 1.165) is 22.5 Å². The van der Waals surface area contributed by atoms with Crippen molar-refractivity contribution in [2.24, 2.45) is 0 Å². The van der Waals surface area contributed by atoms with Gasteiger partial charge in [-0.15, -0.1) is 11.3 Å². The molecular weight excluding hydrogens is 306 g/mol. The van der Waals surface area contributed by atoms with Gasteiger partial charge in [-0.1, -0.05) is 0 Å². The van der Waals surface area contributed by atoms with Crippen molar-refractivity contribution < 1.29 is 4.79 Å². The second-order valence-corrected chi connectivity index (χ2v) is 7.00. The van der Waals surface area contributed by atoms with E-state index in [1.807, 2.05) is 32.0 Å². The van der Waals surface area contributed by atoms with E-state index in [1.165, 1.54) is 28.1 Å². The Kier molecular flexibility index (Phi) is 3.98. The summed E-state index contributed by atoms with van der Waals surface area (Å²) < 4.78 is 2.28. The molecule has 0 saturated carbocycles. The van der Waals surface area contributed by atoms with Crippen LogP contribution in [0.1, 0.15) is 39.1 Å². The first-order chi connectivity index (χ1) is 10.9. The molecule has 0 saturated heterocycles. The van der Waals surface area contributed by atoms with Gasteiger partial charge in [-0.2, -0.15) is 0 Å². The van der Waals surface area contributed by atoms with Crippen molar-refractivity contribution in [1.29, 1.82) is 0 Å². The van der Waals surface area contributed by atoms with Crippen LogP contribution in [0.4, 0.5) is 5.13 Å². The van der Waals surface area contributed by atoms with E-state index in [4.69, 9.17) is 0 Å². The number of fused-ring (bicyclic) bond motifs is 1. The van der Waals surface area contributed by atoms with E-state index < -0.39 is 0 Å². The molecular formula is C18H21N3OS. The fraction of sp³-hybridized carbons (Fsp3) is 0.333. The molecule has 0 aliphatic rings. The molecule has 3 aromatic rings. The fourth-order valence-electron chi connectivity index (χ4n) is 2.89. The lowest BCUT2D eigenvalue weighted by Gasteiger charge is -2.05. The maximum absolute atomic E-state index is 12.5. The zero-order chi connectivity index (χ0) is 16.7. The molecule has 5 heteroatoms. The lowest BCUT2D eigenvalue weighted by Crippen LogP contribution is -2.11. The van der Waals surface area contributed by atoms with Crippen molar-refractivity contribution in [1.82, 2.24) is 9.55 Å². The van der Waals surface area contributed by atoms with Crippen molar-refractivity contribution in [3.05, 3.63) is 45.6 Å². The molecule has 0 spiro atoms. The highest BCUT2D eigenvalue weighted by Crippen LogP contribution is 2.27. The Morgan fingerprint density at radius 2 is 2.00 bits per heavy atom. The zero-order valence-corrected chi connectivity index (χ0v) is 15.0. The summed E-state index contributed by atoms with van der Waals surface area (Å²) in [6.07, 6.45) is 0. The summed E-state index contributed by atoms with van der Waals surface area (Å²) in [4.78, 5) is 18.0. The summed E-state index contributed by atoms with van der Waals surface area (Å²) >= 11 is 1.51. The van der Waals surface area contributed by atoms with Crippen molar-refractivity contribution in [2.75, 3.05) is 5.32 Å². The number of hydrogen-bond donors (Lipinski definition) is 1. The molecule has 1 N–H and O–H groups in total. The van der Waals surface area contributed by atoms with E-state index in [-0.39, 0.29) is 5.91 Å². The molecule has 1 aromatic carbocycles. The largest absolute Gasteiger partial charge is 0.345 e. The Balaban J connectivity index is 1.96. The molecule has 2 heterocycles. The molecule has 0 radical (unpaired) electrons. The van der Waals surface area contributed by atoms with Gasteiger partial charge >= 0.3 is 0 Å². The van der Waals surface area contributed by atoms with Crippen LogP contribution in [-0.4, -0.2) is 15.5 Å². The number of carbonyl (C=O) groups excluding carboxylic acids is 1. The molecule has 0 unspecified atom stereocenters. The predicted octanol–water partition coefficient (Wildman–Crippen LogP) is 4.60. The highest BCUT2D eigenvalue weighted by atomic mass is 32.1. The molecule has 3 rings (SSSR count). The average molecular weight is 327 g/mol. The molecule has 1 amide bonds. The summed E-state index contributed by atoms with van der Waals surface area (Å²) in [5, 5.41) is 4.70. The van der Waals surface area contributed by atoms with Crippen LogP contribution in [0.2, 0.25) is 0 Å². The third kappa shape index (κ3) is 2.65. The first-order valence-electron chi connectivity index (χ1n) is 7.77. The van der Waals surface area contributed by atoms with Crippen LogP contribution in [0, 0.1) is 27.7 Å². The normalized spacial score (nSPS) is 11.2. The molecule has 0 aliphatic carbocycles. The summed E-state index contributed by atoms with van der Waals surface area (Å²) in [6, 6.07) is 5.90. The van der Waals surface area contributed by atoms with Gasteiger partial charge in [0.05, 0.1) is 5.69 Å². The lowest BCUT2D eigenvalue weighted by molar-refractivity contribution is 0.102. The third-order valence-corrected chi connectivity index (χ3v) is 5.45. The van der Waals surface area contributed by atoms with Gasteiger partial charge in [0, 0.05) is 33.6 Å². The summed E-state index contributed by atoms with van der Waals surface area (Å²) in [7, 11) is 0. The Hall–Kier alpha value is -2.14. The quantitative estimate of drug-likeness (QED) is 0.764. The monoisotopic (exact) mass is 327 g/mol. The highest BCUT2D eigenvalue weighted by molar-refractivity contribution is 7.15. The highest BCUT2D eigenvalue weighted by Gasteiger charge is 2.14. The average Bonchev–Trinajstić information content (AvgIpc) is 2.96. The van der Waals surface area contributed by atoms with E-state index in [2.05, 4.69) is 35.6 Å². The topological polar surface area (TPSA) is 46.9 Å². The van der Waals surface area contributed by atoms with Crippen LogP contribution < -0.4 is 5.32 Å². The number of amides is 1. The molecule has 0 bridgehead atoms. The van der Waals surface area contributed by atoms with Crippen LogP contribution >= 0.6 is 11.3 Å². The van der Waals surface area contributed by atoms with Crippen LogP contribution in [0.25, 0.3) is 10.9 Å². The zero-order valence-electron chi connectivity index (χ0n) is 14.2. The standard InChI is InChI=1S/C18H21N3OS/c1-6-21-12(4)10(2)15-9-14(7-8-16(15)21)17(22)20-18-19-11(3)13(5)23-18/h7-9H,6H2,1-5H3,(H,19,20,22). The van der Waals surface area contributed by atoms with Crippen LogP contribution in [0.5, 0.6) is 0 Å². The third-order valence-electron chi connectivity index (χ3n) is 4.47. The minimum Gasteiger partial charge on any atom is -0.345 e. The Morgan fingerprint density at radius 3 is 2.61 bits per heavy atom. The number of nitrogens with zero attached hydrogens (tertiary/aromatic N) is 2. The van der Waals surface area contributed by atoms with E-state index in [0.29, 0.717) is 10.7 Å². The molecule has 2 aromatic heterocycles. The maximum Gasteiger partial charge on any atom is 0.257 e. The SMILES string of the molecule is CCn1c(C)c(C)c2cc(C(=O)Nc3nc(C)c(C)s3)ccc21. The number of benzene rings is 1. The van der Waals surface area contributed by atoms with Crippen molar-refractivity contribution in [3.63, 3.8) is 0 Å². The Labute approximate surface area is 140 Å². The van der Waals surface area contributed by atoms with Crippen LogP contribution in [0.15, 0.2) is 18.2 Å². The minimum atomic E-state index is -0.109. The van der Waals surface area contributed by atoms with Gasteiger partial charge in [0.1, 0.15) is 0 Å². The number of aryl methyl sites for hydroxylation is 4. The molecule has 0 atom stereocenters. The first kappa shape index (κ1) is 15.7. The van der Waals surface area contributed by atoms with Crippen molar-refractivity contribution in [3.8, 4) is 0 Å². The van der Waals surface area contributed by atoms with Gasteiger partial charge in [0.2, 0.25) is 0 Å².